The molecule has 0 aliphatic heterocycles. The van der Waals surface area contributed by atoms with E-state index in [1.54, 1.807) is 0 Å². The maximum absolute atomic E-state index is 6.10. The number of rotatable bonds is 4. The summed E-state index contributed by atoms with van der Waals surface area (Å²) in [6.07, 6.45) is 0.725. The molecular weight excluding hydrogens is 272 g/mol. The molecule has 2 rings (SSSR count). The molecule has 20 heavy (non-hydrogen) atoms. The molecule has 2 aromatic rings. The summed E-state index contributed by atoms with van der Waals surface area (Å²) in [5, 5.41) is 0.450. The molecule has 0 N–H and O–H groups in total. The molecule has 0 radical (unpaired) electrons. The molecule has 0 saturated heterocycles. The molecule has 0 spiro atoms. The lowest BCUT2D eigenvalue weighted by atomic mass is 10.0. The van der Waals surface area contributed by atoms with Gasteiger partial charge in [0.05, 0.1) is 0 Å². The molecule has 3 nitrogen and oxygen atoms in total. The van der Waals surface area contributed by atoms with Crippen molar-refractivity contribution in [3.05, 3.63) is 46.4 Å². The minimum absolute atomic E-state index is 0.450. The van der Waals surface area contributed by atoms with Crippen LogP contribution in [-0.2, 0) is 6.42 Å². The van der Waals surface area contributed by atoms with E-state index in [2.05, 4.69) is 35.9 Å². The number of benzene rings is 1. The standard InChI is InChI=1S/C16H19ClN2O/c1-5-14-18-15(17)11(4)16(19-14)20-13-8-6-12(7-9-13)10(2)3/h6-10H,5H2,1-4H3. The zero-order chi connectivity index (χ0) is 14.7. The van der Waals surface area contributed by atoms with Gasteiger partial charge in [0.1, 0.15) is 16.7 Å². The number of ether oxygens (including phenoxy) is 1. The summed E-state index contributed by atoms with van der Waals surface area (Å²) in [6.45, 7) is 8.18. The third-order valence-corrected chi connectivity index (χ3v) is 3.53. The minimum Gasteiger partial charge on any atom is -0.439 e. The van der Waals surface area contributed by atoms with Crippen LogP contribution in [0.1, 0.15) is 43.6 Å². The van der Waals surface area contributed by atoms with Crippen molar-refractivity contribution in [1.82, 2.24) is 9.97 Å². The zero-order valence-corrected chi connectivity index (χ0v) is 13.0. The molecule has 0 atom stereocenters. The van der Waals surface area contributed by atoms with Gasteiger partial charge in [-0.3, -0.25) is 0 Å². The van der Waals surface area contributed by atoms with Crippen LogP contribution in [0.3, 0.4) is 0 Å². The Kier molecular flexibility index (Phi) is 4.61. The Morgan fingerprint density at radius 3 is 2.35 bits per heavy atom. The Labute approximate surface area is 125 Å². The van der Waals surface area contributed by atoms with Gasteiger partial charge in [-0.1, -0.05) is 44.5 Å². The Bertz CT molecular complexity index is 594. The van der Waals surface area contributed by atoms with Crippen LogP contribution in [0.25, 0.3) is 0 Å². The van der Waals surface area contributed by atoms with E-state index in [0.717, 1.165) is 17.7 Å². The first kappa shape index (κ1) is 14.8. The molecule has 0 bridgehead atoms. The lowest BCUT2D eigenvalue weighted by Crippen LogP contribution is -2.00. The highest BCUT2D eigenvalue weighted by Gasteiger charge is 2.11. The molecule has 4 heteroatoms. The number of halogens is 1. The van der Waals surface area contributed by atoms with Crippen molar-refractivity contribution in [2.75, 3.05) is 0 Å². The van der Waals surface area contributed by atoms with E-state index < -0.39 is 0 Å². The Hall–Kier alpha value is -1.61. The van der Waals surface area contributed by atoms with Crippen LogP contribution in [0.5, 0.6) is 11.6 Å². The smallest absolute Gasteiger partial charge is 0.226 e. The average Bonchev–Trinajstić information content (AvgIpc) is 2.44. The number of aryl methyl sites for hydroxylation is 1. The van der Waals surface area contributed by atoms with Crippen LogP contribution in [0, 0.1) is 6.92 Å². The Morgan fingerprint density at radius 1 is 1.15 bits per heavy atom. The van der Waals surface area contributed by atoms with E-state index >= 15 is 0 Å². The van der Waals surface area contributed by atoms with Crippen molar-refractivity contribution in [3.63, 3.8) is 0 Å². The van der Waals surface area contributed by atoms with Gasteiger partial charge in [-0.15, -0.1) is 0 Å². The number of nitrogens with zero attached hydrogens (tertiary/aromatic N) is 2. The molecule has 1 heterocycles. The van der Waals surface area contributed by atoms with Crippen molar-refractivity contribution in [1.29, 1.82) is 0 Å². The summed E-state index contributed by atoms with van der Waals surface area (Å²) in [6, 6.07) is 8.05. The van der Waals surface area contributed by atoms with E-state index in [1.165, 1.54) is 5.56 Å². The lowest BCUT2D eigenvalue weighted by molar-refractivity contribution is 0.454. The van der Waals surface area contributed by atoms with Crippen molar-refractivity contribution >= 4 is 11.6 Å². The Morgan fingerprint density at radius 2 is 1.80 bits per heavy atom. The maximum atomic E-state index is 6.10. The number of aromatic nitrogens is 2. The highest BCUT2D eigenvalue weighted by Crippen LogP contribution is 2.28. The second-order valence-corrected chi connectivity index (χ2v) is 5.40. The van der Waals surface area contributed by atoms with Crippen LogP contribution < -0.4 is 4.74 Å². The van der Waals surface area contributed by atoms with Gasteiger partial charge in [0.25, 0.3) is 0 Å². The zero-order valence-electron chi connectivity index (χ0n) is 12.3. The van der Waals surface area contributed by atoms with Gasteiger partial charge in [-0.25, -0.2) is 4.98 Å². The van der Waals surface area contributed by atoms with Gasteiger partial charge >= 0.3 is 0 Å². The predicted molar refractivity (Wildman–Crippen MR) is 81.8 cm³/mol. The molecule has 106 valence electrons. The average molecular weight is 291 g/mol. The fraction of sp³-hybridized carbons (Fsp3) is 0.375. The first-order chi connectivity index (χ1) is 9.51. The van der Waals surface area contributed by atoms with Crippen LogP contribution in [0.15, 0.2) is 24.3 Å². The highest BCUT2D eigenvalue weighted by molar-refractivity contribution is 6.30. The van der Waals surface area contributed by atoms with E-state index in [4.69, 9.17) is 16.3 Å². The SMILES string of the molecule is CCc1nc(Cl)c(C)c(Oc2ccc(C(C)C)cc2)n1. The molecule has 0 aliphatic rings. The largest absolute Gasteiger partial charge is 0.439 e. The van der Waals surface area contributed by atoms with Gasteiger partial charge in [-0.05, 0) is 30.5 Å². The fourth-order valence-electron chi connectivity index (χ4n) is 1.80. The number of hydrogen-bond donors (Lipinski definition) is 0. The second kappa shape index (κ2) is 6.23. The number of hydrogen-bond acceptors (Lipinski definition) is 3. The molecule has 0 unspecified atom stereocenters. The summed E-state index contributed by atoms with van der Waals surface area (Å²) < 4.78 is 5.83. The predicted octanol–water partition coefficient (Wildman–Crippen LogP) is 4.92. The van der Waals surface area contributed by atoms with Gasteiger partial charge in [-0.2, -0.15) is 4.98 Å². The third kappa shape index (κ3) is 3.28. The fourth-order valence-corrected chi connectivity index (χ4v) is 1.98. The van der Waals surface area contributed by atoms with Crippen LogP contribution >= 0.6 is 11.6 Å². The Balaban J connectivity index is 2.27. The highest BCUT2D eigenvalue weighted by atomic mass is 35.5. The third-order valence-electron chi connectivity index (χ3n) is 3.17. The van der Waals surface area contributed by atoms with Crippen LogP contribution in [-0.4, -0.2) is 9.97 Å². The molecule has 1 aromatic heterocycles. The van der Waals surface area contributed by atoms with Gasteiger partial charge in [0, 0.05) is 12.0 Å². The normalized spacial score (nSPS) is 10.9. The van der Waals surface area contributed by atoms with Crippen LogP contribution in [0.2, 0.25) is 5.15 Å². The molecule has 0 saturated carbocycles. The molecule has 0 fully saturated rings. The van der Waals surface area contributed by atoms with Gasteiger partial charge < -0.3 is 4.74 Å². The summed E-state index contributed by atoms with van der Waals surface area (Å²) in [5.74, 6) is 2.48. The molecule has 1 aromatic carbocycles. The molecule has 0 amide bonds. The van der Waals surface area contributed by atoms with Crippen molar-refractivity contribution in [2.45, 2.75) is 40.0 Å². The van der Waals surface area contributed by atoms with Crippen molar-refractivity contribution in [2.24, 2.45) is 0 Å². The second-order valence-electron chi connectivity index (χ2n) is 5.04. The monoisotopic (exact) mass is 290 g/mol. The summed E-state index contributed by atoms with van der Waals surface area (Å²) in [4.78, 5) is 8.59. The van der Waals surface area contributed by atoms with E-state index in [-0.39, 0.29) is 0 Å². The van der Waals surface area contributed by atoms with E-state index in [0.29, 0.717) is 22.8 Å². The van der Waals surface area contributed by atoms with Gasteiger partial charge in [0.2, 0.25) is 5.88 Å². The summed E-state index contributed by atoms with van der Waals surface area (Å²) in [5.41, 5.74) is 2.04. The maximum Gasteiger partial charge on any atom is 0.226 e. The molecular formula is C16H19ClN2O. The first-order valence-electron chi connectivity index (χ1n) is 6.82. The topological polar surface area (TPSA) is 35.0 Å². The summed E-state index contributed by atoms with van der Waals surface area (Å²) >= 11 is 6.10. The minimum atomic E-state index is 0.450. The first-order valence-corrected chi connectivity index (χ1v) is 7.20. The van der Waals surface area contributed by atoms with Gasteiger partial charge in [0.15, 0.2) is 0 Å². The molecule has 0 aliphatic carbocycles. The van der Waals surface area contributed by atoms with Crippen molar-refractivity contribution < 1.29 is 4.74 Å². The van der Waals surface area contributed by atoms with E-state index in [1.807, 2.05) is 26.0 Å². The van der Waals surface area contributed by atoms with E-state index in [9.17, 15) is 0 Å². The van der Waals surface area contributed by atoms with Crippen LogP contribution in [0.4, 0.5) is 0 Å². The quantitative estimate of drug-likeness (QED) is 0.750. The summed E-state index contributed by atoms with van der Waals surface area (Å²) in [7, 11) is 0. The van der Waals surface area contributed by atoms with Crippen molar-refractivity contribution in [3.8, 4) is 11.6 Å². The lowest BCUT2D eigenvalue weighted by Gasteiger charge is -2.11.